The molecule has 0 aliphatic heterocycles. The first kappa shape index (κ1) is 15.7. The molecule has 112 valence electrons. The summed E-state index contributed by atoms with van der Waals surface area (Å²) in [5.41, 5.74) is 3.88. The minimum absolute atomic E-state index is 0.0940. The zero-order valence-corrected chi connectivity index (χ0v) is 14.0. The van der Waals surface area contributed by atoms with Gasteiger partial charge in [0.25, 0.3) is 0 Å². The Morgan fingerprint density at radius 2 is 2.05 bits per heavy atom. The van der Waals surface area contributed by atoms with Crippen molar-refractivity contribution in [3.8, 4) is 0 Å². The van der Waals surface area contributed by atoms with Crippen LogP contribution in [0.5, 0.6) is 0 Å². The third kappa shape index (κ3) is 3.71. The Labute approximate surface area is 132 Å². The van der Waals surface area contributed by atoms with Crippen LogP contribution in [-0.4, -0.2) is 22.7 Å². The van der Waals surface area contributed by atoms with Crippen LogP contribution < -0.4 is 10.6 Å². The van der Waals surface area contributed by atoms with Gasteiger partial charge in [-0.3, -0.25) is 9.48 Å². The fourth-order valence-corrected chi connectivity index (χ4v) is 2.59. The van der Waals surface area contributed by atoms with E-state index < -0.39 is 0 Å². The molecule has 1 amide bonds. The van der Waals surface area contributed by atoms with Crippen LogP contribution in [-0.2, 0) is 17.9 Å². The monoisotopic (exact) mass is 350 g/mol. The molecule has 0 saturated heterocycles. The number of nitrogens with one attached hydrogen (secondary N) is 2. The lowest BCUT2D eigenvalue weighted by atomic mass is 10.2. The summed E-state index contributed by atoms with van der Waals surface area (Å²) in [6, 6.07) is 7.54. The summed E-state index contributed by atoms with van der Waals surface area (Å²) in [4.78, 5) is 12.2. The summed E-state index contributed by atoms with van der Waals surface area (Å²) in [6.07, 6.45) is 0. The number of halogens is 1. The number of aryl methyl sites for hydroxylation is 1. The van der Waals surface area contributed by atoms with Gasteiger partial charge < -0.3 is 10.6 Å². The number of aromatic nitrogens is 2. The number of anilines is 1. The molecule has 2 rings (SSSR count). The molecule has 0 radical (unpaired) electrons. The van der Waals surface area contributed by atoms with Gasteiger partial charge in [-0.1, -0.05) is 12.1 Å². The molecule has 5 nitrogen and oxygen atoms in total. The van der Waals surface area contributed by atoms with Gasteiger partial charge in [0.1, 0.15) is 6.54 Å². The third-order valence-electron chi connectivity index (χ3n) is 3.33. The largest absolute Gasteiger partial charge is 0.323 e. The first-order valence-electron chi connectivity index (χ1n) is 6.74. The zero-order chi connectivity index (χ0) is 15.4. The second-order valence-corrected chi connectivity index (χ2v) is 5.72. The minimum atomic E-state index is -0.0940. The Balaban J connectivity index is 2.10. The summed E-state index contributed by atoms with van der Waals surface area (Å²) >= 11 is 3.42. The maximum absolute atomic E-state index is 12.2. The van der Waals surface area contributed by atoms with Crippen LogP contribution in [0.1, 0.15) is 17.0 Å². The molecule has 6 heteroatoms. The summed E-state index contributed by atoms with van der Waals surface area (Å²) in [6.45, 7) is 4.90. The van der Waals surface area contributed by atoms with Crippen molar-refractivity contribution >= 4 is 27.5 Å². The molecule has 0 saturated carbocycles. The highest BCUT2D eigenvalue weighted by molar-refractivity contribution is 9.10. The molecule has 0 fully saturated rings. The molecule has 1 aromatic heterocycles. The van der Waals surface area contributed by atoms with E-state index in [1.54, 1.807) is 4.68 Å². The highest BCUT2D eigenvalue weighted by Crippen LogP contribution is 2.21. The van der Waals surface area contributed by atoms with Crippen LogP contribution in [0.4, 0.5) is 5.69 Å². The Bertz CT molecular complexity index is 651. The second kappa shape index (κ2) is 6.87. The summed E-state index contributed by atoms with van der Waals surface area (Å²) in [7, 11) is 1.90. The smallest absolute Gasteiger partial charge is 0.246 e. The van der Waals surface area contributed by atoms with E-state index in [0.29, 0.717) is 0 Å². The van der Waals surface area contributed by atoms with E-state index in [2.05, 4.69) is 31.7 Å². The van der Waals surface area contributed by atoms with Gasteiger partial charge in [0.05, 0.1) is 11.4 Å². The predicted octanol–water partition coefficient (Wildman–Crippen LogP) is 2.62. The highest BCUT2D eigenvalue weighted by Gasteiger charge is 2.13. The van der Waals surface area contributed by atoms with Gasteiger partial charge in [0.2, 0.25) is 5.91 Å². The van der Waals surface area contributed by atoms with Crippen LogP contribution in [0.25, 0.3) is 0 Å². The average Bonchev–Trinajstić information content (AvgIpc) is 2.69. The molecule has 1 heterocycles. The number of nitrogens with zero attached hydrogens (tertiary/aromatic N) is 2. The van der Waals surface area contributed by atoms with Gasteiger partial charge in [-0.2, -0.15) is 5.10 Å². The van der Waals surface area contributed by atoms with E-state index in [9.17, 15) is 4.79 Å². The van der Waals surface area contributed by atoms with Gasteiger partial charge in [0.15, 0.2) is 0 Å². The molecule has 0 bridgehead atoms. The van der Waals surface area contributed by atoms with Crippen LogP contribution in [0.2, 0.25) is 0 Å². The molecular formula is C15H19BrN4O. The maximum Gasteiger partial charge on any atom is 0.246 e. The van der Waals surface area contributed by atoms with E-state index in [4.69, 9.17) is 0 Å². The predicted molar refractivity (Wildman–Crippen MR) is 87.2 cm³/mol. The van der Waals surface area contributed by atoms with Crippen molar-refractivity contribution in [1.29, 1.82) is 0 Å². The Morgan fingerprint density at radius 3 is 2.71 bits per heavy atom. The maximum atomic E-state index is 12.2. The molecule has 0 spiro atoms. The highest BCUT2D eigenvalue weighted by atomic mass is 79.9. The van der Waals surface area contributed by atoms with Gasteiger partial charge in [-0.25, -0.2) is 0 Å². The molecule has 2 N–H and O–H groups in total. The van der Waals surface area contributed by atoms with Gasteiger partial charge in [0, 0.05) is 22.3 Å². The molecule has 0 atom stereocenters. The number of carbonyl (C=O) groups excluding carboxylic acids is 1. The van der Waals surface area contributed by atoms with Crippen LogP contribution >= 0.6 is 15.9 Å². The number of rotatable bonds is 5. The zero-order valence-electron chi connectivity index (χ0n) is 12.4. The van der Waals surface area contributed by atoms with Crippen molar-refractivity contribution in [2.24, 2.45) is 0 Å². The lowest BCUT2D eigenvalue weighted by molar-refractivity contribution is -0.116. The van der Waals surface area contributed by atoms with Crippen molar-refractivity contribution in [2.45, 2.75) is 26.9 Å². The standard InChI is InChI=1S/C15H19BrN4O/c1-10-12(8-17-3)11(2)20(19-10)9-15(21)18-14-7-5-4-6-13(14)16/h4-7,17H,8-9H2,1-3H3,(H,18,21). The topological polar surface area (TPSA) is 59.0 Å². The van der Waals surface area contributed by atoms with E-state index in [0.717, 1.165) is 33.7 Å². The van der Waals surface area contributed by atoms with Gasteiger partial charge in [-0.05, 0) is 49.0 Å². The lowest BCUT2D eigenvalue weighted by Gasteiger charge is -2.08. The molecule has 0 unspecified atom stereocenters. The Hall–Kier alpha value is -1.66. The molecule has 0 aliphatic rings. The second-order valence-electron chi connectivity index (χ2n) is 4.87. The Kier molecular flexibility index (Phi) is 5.14. The van der Waals surface area contributed by atoms with Crippen LogP contribution in [0, 0.1) is 13.8 Å². The summed E-state index contributed by atoms with van der Waals surface area (Å²) in [5, 5.41) is 10.4. The molecule has 1 aromatic carbocycles. The third-order valence-corrected chi connectivity index (χ3v) is 4.02. The van der Waals surface area contributed by atoms with Crippen molar-refractivity contribution < 1.29 is 4.79 Å². The van der Waals surface area contributed by atoms with E-state index in [-0.39, 0.29) is 12.5 Å². The number of benzene rings is 1. The lowest BCUT2D eigenvalue weighted by Crippen LogP contribution is -2.20. The van der Waals surface area contributed by atoms with Crippen LogP contribution in [0.3, 0.4) is 0 Å². The van der Waals surface area contributed by atoms with Crippen molar-refractivity contribution in [3.63, 3.8) is 0 Å². The van der Waals surface area contributed by atoms with Crippen LogP contribution in [0.15, 0.2) is 28.7 Å². The number of hydrogen-bond acceptors (Lipinski definition) is 3. The van der Waals surface area contributed by atoms with Crippen molar-refractivity contribution in [1.82, 2.24) is 15.1 Å². The first-order chi connectivity index (χ1) is 10.0. The quantitative estimate of drug-likeness (QED) is 0.871. The molecule has 0 aliphatic carbocycles. The molecular weight excluding hydrogens is 332 g/mol. The summed E-state index contributed by atoms with van der Waals surface area (Å²) in [5.74, 6) is -0.0940. The SMILES string of the molecule is CNCc1c(C)nn(CC(=O)Nc2ccccc2Br)c1C. The fourth-order valence-electron chi connectivity index (χ4n) is 2.21. The Morgan fingerprint density at radius 1 is 1.33 bits per heavy atom. The van der Waals surface area contributed by atoms with Crippen molar-refractivity contribution in [3.05, 3.63) is 45.7 Å². The normalized spacial score (nSPS) is 10.7. The number of carbonyl (C=O) groups is 1. The minimum Gasteiger partial charge on any atom is -0.323 e. The van der Waals surface area contributed by atoms with Gasteiger partial charge in [-0.15, -0.1) is 0 Å². The van der Waals surface area contributed by atoms with Gasteiger partial charge >= 0.3 is 0 Å². The average molecular weight is 351 g/mol. The molecule has 2 aromatic rings. The molecule has 21 heavy (non-hydrogen) atoms. The first-order valence-corrected chi connectivity index (χ1v) is 7.54. The van der Waals surface area contributed by atoms with E-state index in [1.165, 1.54) is 0 Å². The van der Waals surface area contributed by atoms with E-state index in [1.807, 2.05) is 45.2 Å². The summed E-state index contributed by atoms with van der Waals surface area (Å²) < 4.78 is 2.61. The van der Waals surface area contributed by atoms with Crippen molar-refractivity contribution in [2.75, 3.05) is 12.4 Å². The number of para-hydroxylation sites is 1. The number of amides is 1. The fraction of sp³-hybridized carbons (Fsp3) is 0.333. The van der Waals surface area contributed by atoms with E-state index >= 15 is 0 Å². The number of hydrogen-bond donors (Lipinski definition) is 2.